The first-order valence-corrected chi connectivity index (χ1v) is 17.4. The molecule has 5 heteroatoms. The Morgan fingerprint density at radius 2 is 1.59 bits per heavy atom. The highest BCUT2D eigenvalue weighted by Crippen LogP contribution is 2.65. The van der Waals surface area contributed by atoms with Gasteiger partial charge in [0.2, 0.25) is 5.91 Å². The van der Waals surface area contributed by atoms with Gasteiger partial charge in [0.05, 0.1) is 17.6 Å². The summed E-state index contributed by atoms with van der Waals surface area (Å²) >= 11 is 6.72. The van der Waals surface area contributed by atoms with Gasteiger partial charge in [-0.2, -0.15) is 0 Å². The summed E-state index contributed by atoms with van der Waals surface area (Å²) in [5.74, 6) is 4.64. The van der Waals surface area contributed by atoms with Crippen LogP contribution >= 0.6 is 11.6 Å². The molecule has 0 aromatic rings. The van der Waals surface area contributed by atoms with Gasteiger partial charge in [0, 0.05) is 20.0 Å². The molecule has 0 spiro atoms. The number of halogens is 1. The number of carbonyl (C=O) groups is 1. The molecule has 10 atom stereocenters. The first-order chi connectivity index (χ1) is 18.8. The maximum absolute atomic E-state index is 12.2. The minimum Gasteiger partial charge on any atom is -0.393 e. The average molecular weight is 566 g/mol. The van der Waals surface area contributed by atoms with Crippen LogP contribution in [0.25, 0.3) is 0 Å². The van der Waals surface area contributed by atoms with Gasteiger partial charge in [-0.3, -0.25) is 4.79 Å². The number of unbranched alkanes of at least 4 members (excludes halogenated alkanes) is 8. The van der Waals surface area contributed by atoms with Crippen molar-refractivity contribution in [2.75, 3.05) is 13.6 Å². The number of alkyl halides is 1. The fraction of sp³-hybridized carbons (Fsp3) is 0.971. The second-order valence-electron chi connectivity index (χ2n) is 14.5. The number of aliphatic hydroxyl groups is 2. The summed E-state index contributed by atoms with van der Waals surface area (Å²) in [6.07, 6.45) is 21.8. The molecule has 0 aromatic heterocycles. The number of hydrogen-bond acceptors (Lipinski definition) is 3. The van der Waals surface area contributed by atoms with Crippen LogP contribution in [0.15, 0.2) is 0 Å². The number of nitrogens with zero attached hydrogens (tertiary/aromatic N) is 1. The number of rotatable bonds is 14. The first kappa shape index (κ1) is 31.6. The first-order valence-electron chi connectivity index (χ1n) is 17.0. The van der Waals surface area contributed by atoms with Gasteiger partial charge in [-0.05, 0) is 98.7 Å². The smallest absolute Gasteiger partial charge is 0.222 e. The molecule has 6 unspecified atom stereocenters. The Labute approximate surface area is 245 Å². The molecule has 1 amide bonds. The molecule has 4 aliphatic carbocycles. The molecular formula is C34H60ClNO3. The van der Waals surface area contributed by atoms with Crippen molar-refractivity contribution in [2.45, 2.75) is 153 Å². The minimum absolute atomic E-state index is 0.00237. The number of carbonyl (C=O) groups excluding carboxylic acids is 1. The van der Waals surface area contributed by atoms with Crippen molar-refractivity contribution in [3.05, 3.63) is 0 Å². The third-order valence-electron chi connectivity index (χ3n) is 12.0. The second-order valence-corrected chi connectivity index (χ2v) is 15.1. The van der Waals surface area contributed by atoms with Gasteiger partial charge in [0.25, 0.3) is 0 Å². The predicted molar refractivity (Wildman–Crippen MR) is 162 cm³/mol. The maximum Gasteiger partial charge on any atom is 0.222 e. The molecule has 4 nitrogen and oxygen atoms in total. The SMILES string of the molecule is CCCCN(C)C(=O)CCCCCCCCCC[C@@H]1CC2CC(O)CCC2C2CC[C@@]3(C)C(C[C@@H](Cl)[C@H]3O)C21. The highest BCUT2D eigenvalue weighted by Gasteiger charge is 2.61. The van der Waals surface area contributed by atoms with Gasteiger partial charge in [0.1, 0.15) is 0 Å². The van der Waals surface area contributed by atoms with Gasteiger partial charge >= 0.3 is 0 Å². The van der Waals surface area contributed by atoms with E-state index in [-0.39, 0.29) is 23.0 Å². The third-order valence-corrected chi connectivity index (χ3v) is 12.4. The molecule has 4 saturated carbocycles. The van der Waals surface area contributed by atoms with Gasteiger partial charge in [0.15, 0.2) is 0 Å². The Balaban J connectivity index is 1.18. The van der Waals surface area contributed by atoms with E-state index in [0.29, 0.717) is 24.2 Å². The van der Waals surface area contributed by atoms with E-state index in [1.165, 1.54) is 70.6 Å². The number of amides is 1. The Kier molecular flexibility index (Phi) is 11.9. The molecule has 0 aromatic carbocycles. The molecular weight excluding hydrogens is 506 g/mol. The molecule has 226 valence electrons. The highest BCUT2D eigenvalue weighted by atomic mass is 35.5. The van der Waals surface area contributed by atoms with Crippen LogP contribution in [0.4, 0.5) is 0 Å². The normalized spacial score (nSPS) is 39.6. The Morgan fingerprint density at radius 1 is 0.897 bits per heavy atom. The number of hydrogen-bond donors (Lipinski definition) is 2. The molecule has 4 rings (SSSR count). The Hall–Kier alpha value is -0.320. The lowest BCUT2D eigenvalue weighted by atomic mass is 9.47. The summed E-state index contributed by atoms with van der Waals surface area (Å²) in [6.45, 7) is 5.41. The van der Waals surface area contributed by atoms with Crippen LogP contribution < -0.4 is 0 Å². The van der Waals surface area contributed by atoms with E-state index >= 15 is 0 Å². The molecule has 4 fully saturated rings. The molecule has 2 N–H and O–H groups in total. The minimum atomic E-state index is -0.350. The topological polar surface area (TPSA) is 60.8 Å². The standard InChI is InChI=1S/C34H60ClNO3/c1-4-5-20-36(3)31(38)15-13-11-9-7-6-8-10-12-14-24-21-25-22-26(37)16-17-27(25)28-18-19-34(2)29(32(24)28)23-30(35)33(34)39/h24-30,32-33,37,39H,4-23H2,1-3H3/t24-,25?,26?,27?,28?,29?,30-,32?,33-,34+/m1/s1. The molecule has 0 radical (unpaired) electrons. The largest absolute Gasteiger partial charge is 0.393 e. The third kappa shape index (κ3) is 7.56. The van der Waals surface area contributed by atoms with Crippen LogP contribution in [-0.4, -0.2) is 52.2 Å². The van der Waals surface area contributed by atoms with Crippen molar-refractivity contribution >= 4 is 17.5 Å². The van der Waals surface area contributed by atoms with Crippen molar-refractivity contribution in [3.8, 4) is 0 Å². The summed E-state index contributed by atoms with van der Waals surface area (Å²) in [7, 11) is 1.95. The average Bonchev–Trinajstić information content (AvgIpc) is 3.15. The Morgan fingerprint density at radius 3 is 2.31 bits per heavy atom. The lowest BCUT2D eigenvalue weighted by Crippen LogP contribution is -2.53. The van der Waals surface area contributed by atoms with E-state index in [2.05, 4.69) is 13.8 Å². The molecule has 4 aliphatic rings. The lowest BCUT2D eigenvalue weighted by Gasteiger charge is -2.58. The van der Waals surface area contributed by atoms with Crippen molar-refractivity contribution < 1.29 is 15.0 Å². The van der Waals surface area contributed by atoms with Crippen LogP contribution in [0.3, 0.4) is 0 Å². The van der Waals surface area contributed by atoms with Crippen molar-refractivity contribution in [1.29, 1.82) is 0 Å². The zero-order chi connectivity index (χ0) is 28.0. The summed E-state index contributed by atoms with van der Waals surface area (Å²) in [6, 6.07) is 0. The van der Waals surface area contributed by atoms with E-state index in [9.17, 15) is 15.0 Å². The molecule has 39 heavy (non-hydrogen) atoms. The second kappa shape index (κ2) is 14.7. The van der Waals surface area contributed by atoms with Gasteiger partial charge in [-0.25, -0.2) is 0 Å². The van der Waals surface area contributed by atoms with Crippen molar-refractivity contribution in [2.24, 2.45) is 40.9 Å². The quantitative estimate of drug-likeness (QED) is 0.166. The highest BCUT2D eigenvalue weighted by molar-refractivity contribution is 6.21. The number of aliphatic hydroxyl groups excluding tert-OH is 2. The van der Waals surface area contributed by atoms with Crippen LogP contribution in [0.2, 0.25) is 0 Å². The van der Waals surface area contributed by atoms with Crippen LogP contribution in [0.1, 0.15) is 136 Å². The molecule has 0 aliphatic heterocycles. The van der Waals surface area contributed by atoms with Crippen molar-refractivity contribution in [3.63, 3.8) is 0 Å². The maximum atomic E-state index is 12.2. The van der Waals surface area contributed by atoms with E-state index in [4.69, 9.17) is 11.6 Å². The van der Waals surface area contributed by atoms with E-state index in [0.717, 1.165) is 75.2 Å². The zero-order valence-corrected chi connectivity index (χ0v) is 26.2. The summed E-state index contributed by atoms with van der Waals surface area (Å²) in [4.78, 5) is 14.1. The monoisotopic (exact) mass is 565 g/mol. The van der Waals surface area contributed by atoms with E-state index < -0.39 is 0 Å². The zero-order valence-electron chi connectivity index (χ0n) is 25.5. The van der Waals surface area contributed by atoms with Crippen LogP contribution in [-0.2, 0) is 4.79 Å². The fourth-order valence-electron chi connectivity index (χ4n) is 9.76. The Bertz CT molecular complexity index is 763. The lowest BCUT2D eigenvalue weighted by molar-refractivity contribution is -0.130. The van der Waals surface area contributed by atoms with E-state index in [1.54, 1.807) is 0 Å². The van der Waals surface area contributed by atoms with Gasteiger partial charge in [-0.15, -0.1) is 11.6 Å². The van der Waals surface area contributed by atoms with Gasteiger partial charge < -0.3 is 15.1 Å². The summed E-state index contributed by atoms with van der Waals surface area (Å²) < 4.78 is 0. The molecule has 0 heterocycles. The van der Waals surface area contributed by atoms with Crippen LogP contribution in [0, 0.1) is 40.9 Å². The van der Waals surface area contributed by atoms with Gasteiger partial charge in [-0.1, -0.05) is 71.6 Å². The summed E-state index contributed by atoms with van der Waals surface area (Å²) in [5, 5.41) is 21.4. The van der Waals surface area contributed by atoms with E-state index in [1.807, 2.05) is 11.9 Å². The predicted octanol–water partition coefficient (Wildman–Crippen LogP) is 7.96. The molecule has 0 saturated heterocycles. The number of fused-ring (bicyclic) bond motifs is 5. The summed E-state index contributed by atoms with van der Waals surface area (Å²) in [5.41, 5.74) is 0.00237. The fourth-order valence-corrected chi connectivity index (χ4v) is 10.2. The van der Waals surface area contributed by atoms with Crippen molar-refractivity contribution in [1.82, 2.24) is 4.90 Å². The van der Waals surface area contributed by atoms with Crippen LogP contribution in [0.5, 0.6) is 0 Å². The molecule has 0 bridgehead atoms.